The summed E-state index contributed by atoms with van der Waals surface area (Å²) in [6, 6.07) is 12.0. The van der Waals surface area contributed by atoms with Crippen LogP contribution in [0.15, 0.2) is 42.5 Å². The van der Waals surface area contributed by atoms with Crippen molar-refractivity contribution in [2.45, 2.75) is 6.92 Å². The van der Waals surface area contributed by atoms with Crippen molar-refractivity contribution in [1.82, 2.24) is 0 Å². The van der Waals surface area contributed by atoms with Crippen LogP contribution in [0, 0.1) is 0 Å². The van der Waals surface area contributed by atoms with Gasteiger partial charge in [0.25, 0.3) is 5.91 Å². The fourth-order valence-corrected chi connectivity index (χ4v) is 2.01. The van der Waals surface area contributed by atoms with Gasteiger partial charge in [-0.15, -0.1) is 0 Å². The molecule has 0 saturated carbocycles. The Hall–Kier alpha value is -2.20. The van der Waals surface area contributed by atoms with Gasteiger partial charge in [-0.2, -0.15) is 0 Å². The second-order valence-electron chi connectivity index (χ2n) is 4.26. The number of anilines is 1. The van der Waals surface area contributed by atoms with Crippen LogP contribution in [0.1, 0.15) is 17.3 Å². The summed E-state index contributed by atoms with van der Waals surface area (Å²) >= 11 is 5.95. The van der Waals surface area contributed by atoms with Crippen LogP contribution < -0.4 is 14.8 Å². The monoisotopic (exact) mass is 305 g/mol. The van der Waals surface area contributed by atoms with E-state index in [1.165, 1.54) is 0 Å². The minimum atomic E-state index is -0.272. The first-order valence-electron chi connectivity index (χ1n) is 6.51. The SMILES string of the molecule is CCOc1ccc(Cl)cc1C(=O)Nc1ccc(OC)cc1. The van der Waals surface area contributed by atoms with Crippen molar-refractivity contribution < 1.29 is 14.3 Å². The molecule has 5 heteroatoms. The van der Waals surface area contributed by atoms with Gasteiger partial charge in [-0.1, -0.05) is 11.6 Å². The number of carbonyl (C=O) groups excluding carboxylic acids is 1. The van der Waals surface area contributed by atoms with Crippen LogP contribution in [-0.2, 0) is 0 Å². The molecule has 21 heavy (non-hydrogen) atoms. The zero-order valence-electron chi connectivity index (χ0n) is 11.9. The summed E-state index contributed by atoms with van der Waals surface area (Å²) in [7, 11) is 1.59. The van der Waals surface area contributed by atoms with Crippen molar-refractivity contribution >= 4 is 23.2 Å². The van der Waals surface area contributed by atoms with Gasteiger partial charge in [-0.05, 0) is 49.4 Å². The summed E-state index contributed by atoms with van der Waals surface area (Å²) < 4.78 is 10.5. The van der Waals surface area contributed by atoms with Gasteiger partial charge >= 0.3 is 0 Å². The fourth-order valence-electron chi connectivity index (χ4n) is 1.83. The van der Waals surface area contributed by atoms with Crippen molar-refractivity contribution in [1.29, 1.82) is 0 Å². The maximum absolute atomic E-state index is 12.3. The molecule has 0 aliphatic rings. The quantitative estimate of drug-likeness (QED) is 0.908. The van der Waals surface area contributed by atoms with E-state index in [1.54, 1.807) is 49.6 Å². The topological polar surface area (TPSA) is 47.6 Å². The van der Waals surface area contributed by atoms with Crippen molar-refractivity contribution in [3.63, 3.8) is 0 Å². The van der Waals surface area contributed by atoms with Crippen LogP contribution in [0.4, 0.5) is 5.69 Å². The van der Waals surface area contributed by atoms with Crippen molar-refractivity contribution in [3.8, 4) is 11.5 Å². The van der Waals surface area contributed by atoms with Gasteiger partial charge in [-0.25, -0.2) is 0 Å². The summed E-state index contributed by atoms with van der Waals surface area (Å²) in [5.41, 5.74) is 1.07. The first-order valence-corrected chi connectivity index (χ1v) is 6.89. The molecule has 0 radical (unpaired) electrons. The number of hydrogen-bond acceptors (Lipinski definition) is 3. The number of rotatable bonds is 5. The number of hydrogen-bond donors (Lipinski definition) is 1. The summed E-state index contributed by atoms with van der Waals surface area (Å²) in [5, 5.41) is 3.29. The Morgan fingerprint density at radius 1 is 1.19 bits per heavy atom. The van der Waals surface area contributed by atoms with Crippen LogP contribution in [-0.4, -0.2) is 19.6 Å². The van der Waals surface area contributed by atoms with Crippen molar-refractivity contribution in [2.75, 3.05) is 19.0 Å². The van der Waals surface area contributed by atoms with Gasteiger partial charge in [0.1, 0.15) is 11.5 Å². The van der Waals surface area contributed by atoms with E-state index in [0.29, 0.717) is 28.6 Å². The molecule has 0 aromatic heterocycles. The predicted molar refractivity (Wildman–Crippen MR) is 83.6 cm³/mol. The molecule has 0 bridgehead atoms. The van der Waals surface area contributed by atoms with E-state index < -0.39 is 0 Å². The molecule has 110 valence electrons. The van der Waals surface area contributed by atoms with Gasteiger partial charge in [0.15, 0.2) is 0 Å². The number of benzene rings is 2. The number of methoxy groups -OCH3 is 1. The smallest absolute Gasteiger partial charge is 0.259 e. The lowest BCUT2D eigenvalue weighted by atomic mass is 10.1. The third-order valence-electron chi connectivity index (χ3n) is 2.83. The summed E-state index contributed by atoms with van der Waals surface area (Å²) in [5.74, 6) is 0.963. The number of amides is 1. The van der Waals surface area contributed by atoms with E-state index >= 15 is 0 Å². The molecule has 2 aromatic carbocycles. The molecule has 0 fully saturated rings. The molecular formula is C16H16ClNO3. The molecule has 0 atom stereocenters. The minimum absolute atomic E-state index is 0.272. The highest BCUT2D eigenvalue weighted by atomic mass is 35.5. The summed E-state index contributed by atoms with van der Waals surface area (Å²) in [6.07, 6.45) is 0. The Bertz CT molecular complexity index is 626. The van der Waals surface area contributed by atoms with Crippen LogP contribution in [0.5, 0.6) is 11.5 Å². The first-order chi connectivity index (χ1) is 10.1. The first kappa shape index (κ1) is 15.2. The number of carbonyl (C=O) groups is 1. The van der Waals surface area contributed by atoms with Gasteiger partial charge < -0.3 is 14.8 Å². The molecule has 0 heterocycles. The molecule has 0 aliphatic carbocycles. The Labute approximate surface area is 128 Å². The largest absolute Gasteiger partial charge is 0.497 e. The Morgan fingerprint density at radius 3 is 2.52 bits per heavy atom. The molecule has 1 amide bonds. The van der Waals surface area contributed by atoms with E-state index in [-0.39, 0.29) is 5.91 Å². The molecule has 0 spiro atoms. The minimum Gasteiger partial charge on any atom is -0.497 e. The molecular weight excluding hydrogens is 290 g/mol. The second-order valence-corrected chi connectivity index (χ2v) is 4.69. The zero-order valence-corrected chi connectivity index (χ0v) is 12.6. The maximum atomic E-state index is 12.3. The van der Waals surface area contributed by atoms with E-state index in [9.17, 15) is 4.79 Å². The van der Waals surface area contributed by atoms with Gasteiger partial charge in [0, 0.05) is 10.7 Å². The van der Waals surface area contributed by atoms with Gasteiger partial charge in [0.05, 0.1) is 19.3 Å². The van der Waals surface area contributed by atoms with Crippen LogP contribution >= 0.6 is 11.6 Å². The van der Waals surface area contributed by atoms with Crippen molar-refractivity contribution in [3.05, 3.63) is 53.1 Å². The summed E-state index contributed by atoms with van der Waals surface area (Å²) in [6.45, 7) is 2.34. The standard InChI is InChI=1S/C16H16ClNO3/c1-3-21-15-9-4-11(17)10-14(15)16(19)18-12-5-7-13(20-2)8-6-12/h4-10H,3H2,1-2H3,(H,18,19). The Morgan fingerprint density at radius 2 is 1.90 bits per heavy atom. The molecule has 0 saturated heterocycles. The number of halogens is 1. The lowest BCUT2D eigenvalue weighted by Gasteiger charge is -2.11. The normalized spacial score (nSPS) is 10.0. The Kier molecular flexibility index (Phi) is 5.06. The van der Waals surface area contributed by atoms with E-state index in [0.717, 1.165) is 5.75 Å². The molecule has 1 N–H and O–H groups in total. The third-order valence-corrected chi connectivity index (χ3v) is 3.07. The Balaban J connectivity index is 2.20. The molecule has 4 nitrogen and oxygen atoms in total. The lowest BCUT2D eigenvalue weighted by Crippen LogP contribution is -2.13. The zero-order chi connectivity index (χ0) is 15.2. The number of nitrogens with one attached hydrogen (secondary N) is 1. The average Bonchev–Trinajstić information content (AvgIpc) is 2.50. The summed E-state index contributed by atoms with van der Waals surface area (Å²) in [4.78, 5) is 12.3. The van der Waals surface area contributed by atoms with Gasteiger partial charge in [-0.3, -0.25) is 4.79 Å². The molecule has 0 aliphatic heterocycles. The van der Waals surface area contributed by atoms with E-state index in [2.05, 4.69) is 5.32 Å². The van der Waals surface area contributed by atoms with Crippen molar-refractivity contribution in [2.24, 2.45) is 0 Å². The third kappa shape index (κ3) is 3.89. The maximum Gasteiger partial charge on any atom is 0.259 e. The van der Waals surface area contributed by atoms with Crippen LogP contribution in [0.25, 0.3) is 0 Å². The van der Waals surface area contributed by atoms with Crippen LogP contribution in [0.3, 0.4) is 0 Å². The molecule has 2 rings (SSSR count). The lowest BCUT2D eigenvalue weighted by molar-refractivity contribution is 0.102. The molecule has 2 aromatic rings. The predicted octanol–water partition coefficient (Wildman–Crippen LogP) is 4.00. The second kappa shape index (κ2) is 6.99. The van der Waals surface area contributed by atoms with E-state index in [4.69, 9.17) is 21.1 Å². The molecule has 0 unspecified atom stereocenters. The van der Waals surface area contributed by atoms with Crippen LogP contribution in [0.2, 0.25) is 5.02 Å². The highest BCUT2D eigenvalue weighted by molar-refractivity contribution is 6.31. The highest BCUT2D eigenvalue weighted by Gasteiger charge is 2.13. The average molecular weight is 306 g/mol. The van der Waals surface area contributed by atoms with Gasteiger partial charge in [0.2, 0.25) is 0 Å². The highest BCUT2D eigenvalue weighted by Crippen LogP contribution is 2.24. The number of ether oxygens (including phenoxy) is 2. The fraction of sp³-hybridized carbons (Fsp3) is 0.188. The van der Waals surface area contributed by atoms with E-state index in [1.807, 2.05) is 6.92 Å².